The predicted molar refractivity (Wildman–Crippen MR) is 134 cm³/mol. The molecule has 0 fully saturated rings. The van der Waals surface area contributed by atoms with Crippen molar-refractivity contribution in [3.05, 3.63) is 35.9 Å². The van der Waals surface area contributed by atoms with Gasteiger partial charge in [-0.15, -0.1) is 0 Å². The number of nitrogens with one attached hydrogen (secondary N) is 3. The zero-order valence-corrected chi connectivity index (χ0v) is 21.0. The van der Waals surface area contributed by atoms with Gasteiger partial charge < -0.3 is 37.0 Å². The number of aliphatic carboxylic acids is 3. The second-order valence-electron chi connectivity index (χ2n) is 8.13. The molecule has 8 N–H and O–H groups in total. The van der Waals surface area contributed by atoms with E-state index in [9.17, 15) is 33.9 Å². The molecule has 0 spiro atoms. The average molecular weight is 541 g/mol. The monoisotopic (exact) mass is 540 g/mol. The molecule has 4 atom stereocenters. The van der Waals surface area contributed by atoms with Gasteiger partial charge in [0.2, 0.25) is 17.7 Å². The van der Waals surface area contributed by atoms with Gasteiger partial charge in [0.15, 0.2) is 0 Å². The van der Waals surface area contributed by atoms with E-state index in [0.717, 1.165) is 0 Å². The van der Waals surface area contributed by atoms with Crippen LogP contribution in [0.15, 0.2) is 30.3 Å². The summed E-state index contributed by atoms with van der Waals surface area (Å²) in [7, 11) is 0. The van der Waals surface area contributed by atoms with Gasteiger partial charge in [-0.25, -0.2) is 4.79 Å². The van der Waals surface area contributed by atoms with Crippen molar-refractivity contribution in [3.63, 3.8) is 0 Å². The van der Waals surface area contributed by atoms with Crippen molar-refractivity contribution in [2.24, 2.45) is 5.73 Å². The number of carboxylic acids is 3. The smallest absolute Gasteiger partial charge is 0.326 e. The van der Waals surface area contributed by atoms with E-state index < -0.39 is 72.6 Å². The van der Waals surface area contributed by atoms with E-state index >= 15 is 0 Å². The Morgan fingerprint density at radius 1 is 0.811 bits per heavy atom. The number of carboxylic acid groups (broad SMARTS) is 3. The van der Waals surface area contributed by atoms with Crippen molar-refractivity contribution < 1.29 is 44.1 Å². The first-order valence-corrected chi connectivity index (χ1v) is 12.7. The first-order valence-electron chi connectivity index (χ1n) is 11.3. The Kier molecular flexibility index (Phi) is 13.7. The summed E-state index contributed by atoms with van der Waals surface area (Å²) in [5, 5.41) is 34.4. The lowest BCUT2D eigenvalue weighted by molar-refractivity contribution is -0.142. The number of nitrogens with two attached hydrogens (primary N) is 1. The Morgan fingerprint density at radius 2 is 1.38 bits per heavy atom. The minimum absolute atomic E-state index is 0.0224. The van der Waals surface area contributed by atoms with Gasteiger partial charge in [0, 0.05) is 12.8 Å². The van der Waals surface area contributed by atoms with Crippen LogP contribution in [0.1, 0.15) is 31.2 Å². The van der Waals surface area contributed by atoms with E-state index in [0.29, 0.717) is 11.3 Å². The first kappa shape index (κ1) is 31.4. The molecule has 0 aliphatic carbocycles. The molecule has 1 rings (SSSR count). The van der Waals surface area contributed by atoms with Crippen LogP contribution in [0.25, 0.3) is 0 Å². The van der Waals surface area contributed by atoms with E-state index in [1.807, 2.05) is 0 Å². The number of carbonyl (C=O) groups excluding carboxylic acids is 3. The van der Waals surface area contributed by atoms with Crippen LogP contribution >= 0.6 is 11.8 Å². The summed E-state index contributed by atoms with van der Waals surface area (Å²) in [5.74, 6) is -6.05. The lowest BCUT2D eigenvalue weighted by atomic mass is 10.0. The maximum atomic E-state index is 13.1. The molecule has 0 saturated heterocycles. The van der Waals surface area contributed by atoms with Gasteiger partial charge in [0.05, 0.1) is 12.5 Å². The zero-order valence-electron chi connectivity index (χ0n) is 20.2. The second-order valence-corrected chi connectivity index (χ2v) is 9.12. The molecule has 0 aliphatic heterocycles. The SMILES string of the molecule is CSCCC(NC(=O)C(Cc1ccccc1)NC(=O)C(CCC(=O)O)NC(=O)C(N)CC(=O)O)C(=O)O. The molecule has 3 amide bonds. The minimum Gasteiger partial charge on any atom is -0.481 e. The van der Waals surface area contributed by atoms with E-state index in [1.54, 1.807) is 36.6 Å². The van der Waals surface area contributed by atoms with E-state index in [4.69, 9.17) is 15.9 Å². The highest BCUT2D eigenvalue weighted by molar-refractivity contribution is 7.98. The number of hydrogen-bond acceptors (Lipinski definition) is 8. The molecule has 0 radical (unpaired) electrons. The summed E-state index contributed by atoms with van der Waals surface area (Å²) in [5.41, 5.74) is 6.18. The standard InChI is InChI=1S/C23H32N4O9S/c1-37-10-9-16(23(35)36)26-22(34)17(11-13-5-3-2-4-6-13)27-21(33)15(7-8-18(28)29)25-20(32)14(24)12-19(30)31/h2-6,14-17H,7-12,24H2,1H3,(H,25,32)(H,26,34)(H,27,33)(H,28,29)(H,30,31)(H,35,36). The summed E-state index contributed by atoms with van der Waals surface area (Å²) in [6, 6.07) is 3.17. The van der Waals surface area contributed by atoms with Crippen molar-refractivity contribution >= 4 is 47.4 Å². The fourth-order valence-electron chi connectivity index (χ4n) is 3.19. The molecule has 4 unspecified atom stereocenters. The van der Waals surface area contributed by atoms with Crippen LogP contribution in [0.3, 0.4) is 0 Å². The molecule has 0 aromatic heterocycles. The largest absolute Gasteiger partial charge is 0.481 e. The van der Waals surface area contributed by atoms with Gasteiger partial charge in [-0.05, 0) is 30.4 Å². The van der Waals surface area contributed by atoms with Gasteiger partial charge in [-0.1, -0.05) is 30.3 Å². The van der Waals surface area contributed by atoms with E-state index in [2.05, 4.69) is 16.0 Å². The molecular weight excluding hydrogens is 508 g/mol. The Labute approximate surface area is 217 Å². The van der Waals surface area contributed by atoms with Gasteiger partial charge in [0.25, 0.3) is 0 Å². The van der Waals surface area contributed by atoms with Gasteiger partial charge in [0.1, 0.15) is 18.1 Å². The molecule has 204 valence electrons. The Bertz CT molecular complexity index is 961. The first-order chi connectivity index (χ1) is 17.4. The molecular formula is C23H32N4O9S. The van der Waals surface area contributed by atoms with Gasteiger partial charge in [-0.3, -0.25) is 24.0 Å². The molecule has 1 aromatic rings. The van der Waals surface area contributed by atoms with Crippen LogP contribution in [0, 0.1) is 0 Å². The summed E-state index contributed by atoms with van der Waals surface area (Å²) in [6.45, 7) is 0. The number of thioether (sulfide) groups is 1. The van der Waals surface area contributed by atoms with Crippen LogP contribution in [-0.2, 0) is 35.2 Å². The highest BCUT2D eigenvalue weighted by atomic mass is 32.2. The van der Waals surface area contributed by atoms with Crippen LogP contribution in [0.2, 0.25) is 0 Å². The third kappa shape index (κ3) is 12.2. The molecule has 0 aliphatic rings. The van der Waals surface area contributed by atoms with Crippen molar-refractivity contribution in [3.8, 4) is 0 Å². The highest BCUT2D eigenvalue weighted by Gasteiger charge is 2.31. The molecule has 0 saturated carbocycles. The van der Waals surface area contributed by atoms with Crippen LogP contribution in [0.4, 0.5) is 0 Å². The number of hydrogen-bond donors (Lipinski definition) is 7. The third-order valence-electron chi connectivity index (χ3n) is 5.15. The van der Waals surface area contributed by atoms with Gasteiger partial charge >= 0.3 is 17.9 Å². The van der Waals surface area contributed by atoms with E-state index in [-0.39, 0.29) is 19.3 Å². The summed E-state index contributed by atoms with van der Waals surface area (Å²) >= 11 is 1.40. The number of benzene rings is 1. The van der Waals surface area contributed by atoms with Crippen LogP contribution in [-0.4, -0.2) is 87.1 Å². The molecule has 0 bridgehead atoms. The highest BCUT2D eigenvalue weighted by Crippen LogP contribution is 2.08. The minimum atomic E-state index is -1.49. The molecule has 0 heterocycles. The normalized spacial score (nSPS) is 13.9. The molecule has 13 nitrogen and oxygen atoms in total. The fourth-order valence-corrected chi connectivity index (χ4v) is 3.66. The quantitative estimate of drug-likeness (QED) is 0.129. The van der Waals surface area contributed by atoms with Crippen molar-refractivity contribution in [2.45, 2.75) is 56.3 Å². The third-order valence-corrected chi connectivity index (χ3v) is 5.80. The van der Waals surface area contributed by atoms with Crippen molar-refractivity contribution in [1.29, 1.82) is 0 Å². The zero-order chi connectivity index (χ0) is 28.0. The number of carbonyl (C=O) groups is 6. The van der Waals surface area contributed by atoms with Crippen LogP contribution < -0.4 is 21.7 Å². The summed E-state index contributed by atoms with van der Waals surface area (Å²) in [6.07, 6.45) is 0.311. The summed E-state index contributed by atoms with van der Waals surface area (Å²) in [4.78, 5) is 71.9. The van der Waals surface area contributed by atoms with Gasteiger partial charge in [-0.2, -0.15) is 11.8 Å². The van der Waals surface area contributed by atoms with Crippen LogP contribution in [0.5, 0.6) is 0 Å². The molecule has 37 heavy (non-hydrogen) atoms. The predicted octanol–water partition coefficient (Wildman–Crippen LogP) is -0.812. The topological polar surface area (TPSA) is 225 Å². The maximum absolute atomic E-state index is 13.1. The van der Waals surface area contributed by atoms with E-state index in [1.165, 1.54) is 11.8 Å². The fraction of sp³-hybridized carbons (Fsp3) is 0.478. The lowest BCUT2D eigenvalue weighted by Gasteiger charge is -2.25. The second kappa shape index (κ2) is 16.2. The lowest BCUT2D eigenvalue weighted by Crippen LogP contribution is -2.57. The Balaban J connectivity index is 3.13. The van der Waals surface area contributed by atoms with Crippen molar-refractivity contribution in [1.82, 2.24) is 16.0 Å². The maximum Gasteiger partial charge on any atom is 0.326 e. The molecule has 14 heteroatoms. The summed E-state index contributed by atoms with van der Waals surface area (Å²) < 4.78 is 0. The average Bonchev–Trinajstić information content (AvgIpc) is 2.83. The number of amides is 3. The Morgan fingerprint density at radius 3 is 1.92 bits per heavy atom. The van der Waals surface area contributed by atoms with Crippen molar-refractivity contribution in [2.75, 3.05) is 12.0 Å². The number of rotatable bonds is 17. The Hall–Kier alpha value is -3.65. The molecule has 1 aromatic carbocycles.